The zero-order chi connectivity index (χ0) is 24.2. The van der Waals surface area contributed by atoms with E-state index in [4.69, 9.17) is 24.4 Å². The molecular formula is C27H54N2S4. The predicted molar refractivity (Wildman–Crippen MR) is 165 cm³/mol. The molecule has 0 aromatic heterocycles. The zero-order valence-corrected chi connectivity index (χ0v) is 25.2. The van der Waals surface area contributed by atoms with Crippen LogP contribution >= 0.6 is 48.0 Å². The van der Waals surface area contributed by atoms with Crippen molar-refractivity contribution >= 4 is 56.6 Å². The van der Waals surface area contributed by atoms with Crippen molar-refractivity contribution in [3.63, 3.8) is 0 Å². The molecule has 0 aliphatic heterocycles. The van der Waals surface area contributed by atoms with Gasteiger partial charge in [0, 0.05) is 13.1 Å². The summed E-state index contributed by atoms with van der Waals surface area (Å²) in [5, 5.41) is 7.68. The topological polar surface area (TPSA) is 24.1 Å². The molecule has 0 radical (unpaired) electrons. The van der Waals surface area contributed by atoms with Gasteiger partial charge in [-0.05, 0) is 12.8 Å². The van der Waals surface area contributed by atoms with Gasteiger partial charge in [-0.2, -0.15) is 0 Å². The van der Waals surface area contributed by atoms with Crippen LogP contribution < -0.4 is 10.6 Å². The third-order valence-corrected chi connectivity index (χ3v) is 8.73. The Balaban J connectivity index is 3.29. The van der Waals surface area contributed by atoms with E-state index in [0.717, 1.165) is 26.8 Å². The van der Waals surface area contributed by atoms with Gasteiger partial charge in [-0.1, -0.05) is 177 Å². The van der Waals surface area contributed by atoms with Gasteiger partial charge in [0.1, 0.15) is 8.64 Å². The van der Waals surface area contributed by atoms with Gasteiger partial charge in [0.05, 0.1) is 5.08 Å². The van der Waals surface area contributed by atoms with Gasteiger partial charge in [-0.25, -0.2) is 0 Å². The summed E-state index contributed by atoms with van der Waals surface area (Å²) < 4.78 is 1.83. The van der Waals surface area contributed by atoms with Gasteiger partial charge in [-0.3, -0.25) is 0 Å². The van der Waals surface area contributed by atoms with Crippen molar-refractivity contribution in [1.82, 2.24) is 10.6 Å². The van der Waals surface area contributed by atoms with Crippen LogP contribution in [0.5, 0.6) is 0 Å². The van der Waals surface area contributed by atoms with E-state index in [0.29, 0.717) is 0 Å². The van der Waals surface area contributed by atoms with E-state index in [1.165, 1.54) is 128 Å². The lowest BCUT2D eigenvalue weighted by Crippen LogP contribution is -2.21. The van der Waals surface area contributed by atoms with Gasteiger partial charge in [0.15, 0.2) is 0 Å². The van der Waals surface area contributed by atoms with Gasteiger partial charge < -0.3 is 10.6 Å². The molecule has 0 aromatic rings. The average Bonchev–Trinajstić information content (AvgIpc) is 2.81. The van der Waals surface area contributed by atoms with Crippen LogP contribution in [0.1, 0.15) is 142 Å². The fourth-order valence-electron chi connectivity index (χ4n) is 3.84. The van der Waals surface area contributed by atoms with Crippen molar-refractivity contribution in [3.8, 4) is 0 Å². The Morgan fingerprint density at radius 1 is 0.455 bits per heavy atom. The van der Waals surface area contributed by atoms with E-state index in [9.17, 15) is 0 Å². The molecule has 0 rings (SSSR count). The summed E-state index contributed by atoms with van der Waals surface area (Å²) in [7, 11) is 0. The highest BCUT2D eigenvalue weighted by molar-refractivity contribution is 8.35. The van der Waals surface area contributed by atoms with Gasteiger partial charge >= 0.3 is 0 Å². The summed E-state index contributed by atoms with van der Waals surface area (Å²) in [5.74, 6) is 0. The Bertz CT molecular complexity index is 394. The number of thioether (sulfide) groups is 2. The van der Waals surface area contributed by atoms with Crippen molar-refractivity contribution < 1.29 is 0 Å². The molecule has 0 fully saturated rings. The lowest BCUT2D eigenvalue weighted by Gasteiger charge is -2.09. The van der Waals surface area contributed by atoms with Crippen LogP contribution in [0.4, 0.5) is 0 Å². The Kier molecular flexibility index (Phi) is 29.1. The van der Waals surface area contributed by atoms with E-state index in [2.05, 4.69) is 24.5 Å². The summed E-state index contributed by atoms with van der Waals surface area (Å²) in [5.41, 5.74) is 0. The molecule has 0 aromatic carbocycles. The monoisotopic (exact) mass is 534 g/mol. The van der Waals surface area contributed by atoms with Crippen LogP contribution in [0.25, 0.3) is 0 Å². The Hall–Kier alpha value is 0.480. The molecule has 0 unspecified atom stereocenters. The molecule has 6 heteroatoms. The molecule has 0 atom stereocenters. The van der Waals surface area contributed by atoms with Crippen molar-refractivity contribution in [1.29, 1.82) is 0 Å². The largest absolute Gasteiger partial charge is 0.371 e. The molecule has 2 nitrogen and oxygen atoms in total. The summed E-state index contributed by atoms with van der Waals surface area (Å²) in [6, 6.07) is 0. The maximum absolute atomic E-state index is 5.44. The molecule has 0 saturated carbocycles. The number of hydrogen-bond donors (Lipinski definition) is 2. The van der Waals surface area contributed by atoms with E-state index in [1.54, 1.807) is 23.5 Å². The van der Waals surface area contributed by atoms with Crippen molar-refractivity contribution in [2.45, 2.75) is 142 Å². The van der Waals surface area contributed by atoms with Crippen LogP contribution in [-0.2, 0) is 0 Å². The number of thiocarbonyl (C=S) groups is 2. The smallest absolute Gasteiger partial charge is 0.134 e. The molecule has 0 bridgehead atoms. The predicted octanol–water partition coefficient (Wildman–Crippen LogP) is 10.0. The second kappa shape index (κ2) is 28.7. The highest BCUT2D eigenvalue weighted by Gasteiger charge is 2.01. The van der Waals surface area contributed by atoms with Crippen molar-refractivity contribution in [2.24, 2.45) is 0 Å². The standard InChI is InChI=1S/C27H54N2S4/c1-3-5-7-9-11-13-15-17-19-21-23-28-26(30)32-25-33-27(31)29-24-22-20-18-16-14-12-10-8-6-4-2/h3-25H2,1-2H3,(H,28,30)(H,29,31). The summed E-state index contributed by atoms with van der Waals surface area (Å²) in [4.78, 5) is 0. The number of nitrogens with one attached hydrogen (secondary N) is 2. The molecule has 0 aliphatic carbocycles. The molecular weight excluding hydrogens is 481 g/mol. The minimum absolute atomic E-state index is 0.897. The molecule has 0 heterocycles. The van der Waals surface area contributed by atoms with Gasteiger partial charge in [-0.15, -0.1) is 0 Å². The highest BCUT2D eigenvalue weighted by atomic mass is 32.2. The summed E-state index contributed by atoms with van der Waals surface area (Å²) in [6.07, 6.45) is 27.5. The van der Waals surface area contributed by atoms with Crippen LogP contribution in [0.2, 0.25) is 0 Å². The number of rotatable bonds is 24. The summed E-state index contributed by atoms with van der Waals surface area (Å²) in [6.45, 7) is 6.58. The Morgan fingerprint density at radius 2 is 0.727 bits per heavy atom. The first-order valence-electron chi connectivity index (χ1n) is 14.0. The third kappa shape index (κ3) is 28.6. The Morgan fingerprint density at radius 3 is 1.03 bits per heavy atom. The van der Waals surface area contributed by atoms with E-state index < -0.39 is 0 Å². The zero-order valence-electron chi connectivity index (χ0n) is 21.9. The lowest BCUT2D eigenvalue weighted by atomic mass is 10.1. The van der Waals surface area contributed by atoms with Crippen molar-refractivity contribution in [3.05, 3.63) is 0 Å². The first kappa shape index (κ1) is 33.5. The second-order valence-electron chi connectivity index (χ2n) is 9.20. The minimum Gasteiger partial charge on any atom is -0.371 e. The summed E-state index contributed by atoms with van der Waals surface area (Å²) >= 11 is 14.3. The molecule has 33 heavy (non-hydrogen) atoms. The van der Waals surface area contributed by atoms with E-state index in [1.807, 2.05) is 0 Å². The first-order chi connectivity index (χ1) is 16.2. The average molecular weight is 535 g/mol. The quantitative estimate of drug-likeness (QED) is 0.0726. The highest BCUT2D eigenvalue weighted by Crippen LogP contribution is 2.15. The van der Waals surface area contributed by atoms with Crippen LogP contribution in [0.15, 0.2) is 0 Å². The molecule has 0 amide bonds. The second-order valence-corrected chi connectivity index (χ2v) is 12.9. The van der Waals surface area contributed by atoms with Crippen LogP contribution in [-0.4, -0.2) is 26.8 Å². The molecule has 0 aliphatic rings. The molecule has 2 N–H and O–H groups in total. The SMILES string of the molecule is CCCCCCCCCCCCNC(=S)SCSC(=S)NCCCCCCCCCCCC. The number of hydrogen-bond acceptors (Lipinski definition) is 4. The van der Waals surface area contributed by atoms with Crippen molar-refractivity contribution in [2.75, 3.05) is 18.2 Å². The molecule has 0 spiro atoms. The number of unbranched alkanes of at least 4 members (excludes halogenated alkanes) is 18. The third-order valence-electron chi connectivity index (χ3n) is 5.98. The fourth-order valence-corrected chi connectivity index (χ4v) is 6.41. The van der Waals surface area contributed by atoms with Crippen LogP contribution in [0, 0.1) is 0 Å². The van der Waals surface area contributed by atoms with Gasteiger partial charge in [0.25, 0.3) is 0 Å². The van der Waals surface area contributed by atoms with E-state index in [-0.39, 0.29) is 0 Å². The Labute approximate surface area is 226 Å². The lowest BCUT2D eigenvalue weighted by molar-refractivity contribution is 0.555. The van der Waals surface area contributed by atoms with Gasteiger partial charge in [0.2, 0.25) is 0 Å². The molecule has 196 valence electrons. The normalized spacial score (nSPS) is 11.0. The molecule has 0 saturated heterocycles. The maximum atomic E-state index is 5.44. The van der Waals surface area contributed by atoms with Crippen LogP contribution in [0.3, 0.4) is 0 Å². The minimum atomic E-state index is 0.897. The first-order valence-corrected chi connectivity index (χ1v) is 16.8. The maximum Gasteiger partial charge on any atom is 0.134 e. The fraction of sp³-hybridized carbons (Fsp3) is 0.926. The van der Waals surface area contributed by atoms with E-state index >= 15 is 0 Å².